The third kappa shape index (κ3) is 3.19. The molecule has 0 aliphatic carbocycles. The van der Waals surface area contributed by atoms with Crippen molar-refractivity contribution >= 4 is 16.8 Å². The van der Waals surface area contributed by atoms with E-state index < -0.39 is 0 Å². The number of Topliss-reactive ketones (excluding diaryl/α,β-unsaturated/α-hetero) is 1. The van der Waals surface area contributed by atoms with E-state index >= 15 is 0 Å². The summed E-state index contributed by atoms with van der Waals surface area (Å²) in [6.45, 7) is 11.0. The van der Waals surface area contributed by atoms with Gasteiger partial charge < -0.3 is 5.73 Å². The molecule has 5 nitrogen and oxygen atoms in total. The van der Waals surface area contributed by atoms with Gasteiger partial charge in [0.1, 0.15) is 0 Å². The Kier molecular flexibility index (Phi) is 4.66. The van der Waals surface area contributed by atoms with Gasteiger partial charge in [-0.15, -0.1) is 0 Å². The first-order valence-corrected chi connectivity index (χ1v) is 7.87. The summed E-state index contributed by atoms with van der Waals surface area (Å²) in [4.78, 5) is 17.3. The highest BCUT2D eigenvalue weighted by atomic mass is 16.1. The fourth-order valence-corrected chi connectivity index (χ4v) is 2.41. The second kappa shape index (κ2) is 6.16. The van der Waals surface area contributed by atoms with Crippen molar-refractivity contribution < 1.29 is 4.79 Å². The van der Waals surface area contributed by atoms with Crippen LogP contribution in [0.1, 0.15) is 69.6 Å². The van der Waals surface area contributed by atoms with E-state index in [0.29, 0.717) is 19.4 Å². The zero-order chi connectivity index (χ0) is 16.5. The Hall–Kier alpha value is -1.75. The third-order valence-electron chi connectivity index (χ3n) is 3.73. The second-order valence-electron chi connectivity index (χ2n) is 7.04. The van der Waals surface area contributed by atoms with Crippen molar-refractivity contribution in [1.82, 2.24) is 14.8 Å². The maximum atomic E-state index is 12.6. The standard InChI is InChI=1S/C17H26N4O/c1-11(2)21-16-13(10-19-21)12(14(22)7-6-8-18)9-15(20-16)17(3,4)5/h9-11H,6-8,18H2,1-5H3. The first-order valence-electron chi connectivity index (χ1n) is 7.87. The number of aromatic nitrogens is 3. The second-order valence-corrected chi connectivity index (χ2v) is 7.04. The molecule has 2 rings (SSSR count). The molecule has 2 N–H and O–H groups in total. The van der Waals surface area contributed by atoms with Crippen molar-refractivity contribution in [2.45, 2.75) is 58.9 Å². The molecule has 0 amide bonds. The molecule has 0 saturated carbocycles. The smallest absolute Gasteiger partial charge is 0.163 e. The molecule has 5 heteroatoms. The highest BCUT2D eigenvalue weighted by molar-refractivity contribution is 6.06. The molecular weight excluding hydrogens is 276 g/mol. The SMILES string of the molecule is CC(C)n1ncc2c(C(=O)CCCN)cc(C(C)(C)C)nc21. The molecule has 0 bridgehead atoms. The van der Waals surface area contributed by atoms with Crippen LogP contribution >= 0.6 is 0 Å². The number of pyridine rings is 1. The Morgan fingerprint density at radius 1 is 1.36 bits per heavy atom. The van der Waals surface area contributed by atoms with Gasteiger partial charge in [0.15, 0.2) is 11.4 Å². The molecular formula is C17H26N4O. The third-order valence-corrected chi connectivity index (χ3v) is 3.73. The lowest BCUT2D eigenvalue weighted by atomic mass is 9.89. The molecule has 0 radical (unpaired) electrons. The molecule has 0 spiro atoms. The Morgan fingerprint density at radius 2 is 2.05 bits per heavy atom. The molecule has 0 fully saturated rings. The number of carbonyl (C=O) groups excluding carboxylic acids is 1. The summed E-state index contributed by atoms with van der Waals surface area (Å²) in [6, 6.07) is 2.13. The van der Waals surface area contributed by atoms with E-state index in [0.717, 1.165) is 22.3 Å². The molecule has 120 valence electrons. The van der Waals surface area contributed by atoms with E-state index in [1.54, 1.807) is 6.20 Å². The number of fused-ring (bicyclic) bond motifs is 1. The minimum absolute atomic E-state index is 0.117. The lowest BCUT2D eigenvalue weighted by molar-refractivity contribution is 0.0982. The quantitative estimate of drug-likeness (QED) is 0.860. The van der Waals surface area contributed by atoms with Crippen LogP contribution in [0.4, 0.5) is 0 Å². The van der Waals surface area contributed by atoms with Crippen LogP contribution in [-0.2, 0) is 5.41 Å². The summed E-state index contributed by atoms with van der Waals surface area (Å²) < 4.78 is 1.88. The van der Waals surface area contributed by atoms with Gasteiger partial charge in [-0.3, -0.25) is 4.79 Å². The summed E-state index contributed by atoms with van der Waals surface area (Å²) >= 11 is 0. The van der Waals surface area contributed by atoms with Crippen LogP contribution in [0.2, 0.25) is 0 Å². The number of hydrogen-bond donors (Lipinski definition) is 1. The molecule has 0 atom stereocenters. The van der Waals surface area contributed by atoms with Crippen molar-refractivity contribution in [2.24, 2.45) is 5.73 Å². The summed E-state index contributed by atoms with van der Waals surface area (Å²) in [5.41, 5.74) is 7.83. The van der Waals surface area contributed by atoms with E-state index in [9.17, 15) is 4.79 Å². The predicted octanol–water partition coefficient (Wildman–Crippen LogP) is 3.23. The largest absolute Gasteiger partial charge is 0.330 e. The van der Waals surface area contributed by atoms with Crippen molar-refractivity contribution in [3.8, 4) is 0 Å². The van der Waals surface area contributed by atoms with Gasteiger partial charge in [0.05, 0.1) is 6.20 Å². The fourth-order valence-electron chi connectivity index (χ4n) is 2.41. The summed E-state index contributed by atoms with van der Waals surface area (Å²) in [5.74, 6) is 0.117. The minimum Gasteiger partial charge on any atom is -0.330 e. The van der Waals surface area contributed by atoms with E-state index in [4.69, 9.17) is 10.7 Å². The highest BCUT2D eigenvalue weighted by Crippen LogP contribution is 2.28. The van der Waals surface area contributed by atoms with Gasteiger partial charge >= 0.3 is 0 Å². The molecule has 0 aliphatic rings. The first-order chi connectivity index (χ1) is 10.3. The van der Waals surface area contributed by atoms with Crippen LogP contribution in [0.25, 0.3) is 11.0 Å². The van der Waals surface area contributed by atoms with Crippen LogP contribution in [0.5, 0.6) is 0 Å². The average Bonchev–Trinajstić information content (AvgIpc) is 2.86. The Labute approximate surface area is 131 Å². The van der Waals surface area contributed by atoms with Crippen molar-refractivity contribution in [1.29, 1.82) is 0 Å². The van der Waals surface area contributed by atoms with E-state index in [1.165, 1.54) is 0 Å². The number of rotatable bonds is 5. The molecule has 2 aromatic heterocycles. The Morgan fingerprint density at radius 3 is 2.59 bits per heavy atom. The maximum absolute atomic E-state index is 12.6. The van der Waals surface area contributed by atoms with Gasteiger partial charge in [-0.1, -0.05) is 20.8 Å². The van der Waals surface area contributed by atoms with Crippen molar-refractivity contribution in [3.05, 3.63) is 23.5 Å². The zero-order valence-electron chi connectivity index (χ0n) is 14.2. The topological polar surface area (TPSA) is 73.8 Å². The van der Waals surface area contributed by atoms with Gasteiger partial charge in [0, 0.05) is 34.5 Å². The summed E-state index contributed by atoms with van der Waals surface area (Å²) in [5, 5.41) is 5.26. The first kappa shape index (κ1) is 16.6. The highest BCUT2D eigenvalue weighted by Gasteiger charge is 2.22. The molecule has 0 aromatic carbocycles. The van der Waals surface area contributed by atoms with Crippen molar-refractivity contribution in [3.63, 3.8) is 0 Å². The number of nitrogens with zero attached hydrogens (tertiary/aromatic N) is 3. The Balaban J connectivity index is 2.65. The normalized spacial score (nSPS) is 12.3. The van der Waals surface area contributed by atoms with Gasteiger partial charge in [-0.05, 0) is 32.9 Å². The lowest BCUT2D eigenvalue weighted by Gasteiger charge is -2.19. The van der Waals surface area contributed by atoms with Crippen LogP contribution in [-0.4, -0.2) is 27.1 Å². The summed E-state index contributed by atoms with van der Waals surface area (Å²) in [7, 11) is 0. The number of ketones is 1. The fraction of sp³-hybridized carbons (Fsp3) is 0.588. The van der Waals surface area contributed by atoms with Crippen LogP contribution in [0, 0.1) is 0 Å². The Bertz CT molecular complexity index is 680. The predicted molar refractivity (Wildman–Crippen MR) is 89.2 cm³/mol. The molecule has 2 aromatic rings. The lowest BCUT2D eigenvalue weighted by Crippen LogP contribution is -2.16. The van der Waals surface area contributed by atoms with E-state index in [1.807, 2.05) is 10.7 Å². The number of nitrogens with two attached hydrogens (primary N) is 1. The summed E-state index contributed by atoms with van der Waals surface area (Å²) in [6.07, 6.45) is 2.92. The van der Waals surface area contributed by atoms with Gasteiger partial charge in [-0.2, -0.15) is 5.10 Å². The zero-order valence-corrected chi connectivity index (χ0v) is 14.2. The number of hydrogen-bond acceptors (Lipinski definition) is 4. The van der Waals surface area contributed by atoms with Crippen molar-refractivity contribution in [2.75, 3.05) is 6.54 Å². The molecule has 0 saturated heterocycles. The molecule has 22 heavy (non-hydrogen) atoms. The minimum atomic E-state index is -0.122. The molecule has 0 aliphatic heterocycles. The number of carbonyl (C=O) groups is 1. The van der Waals surface area contributed by atoms with Gasteiger partial charge in [0.2, 0.25) is 0 Å². The van der Waals surface area contributed by atoms with E-state index in [-0.39, 0.29) is 17.2 Å². The van der Waals surface area contributed by atoms with Gasteiger partial charge in [0.25, 0.3) is 0 Å². The molecule has 2 heterocycles. The average molecular weight is 302 g/mol. The van der Waals surface area contributed by atoms with Crippen LogP contribution in [0.3, 0.4) is 0 Å². The maximum Gasteiger partial charge on any atom is 0.163 e. The monoisotopic (exact) mass is 302 g/mol. The van der Waals surface area contributed by atoms with Crippen LogP contribution < -0.4 is 5.73 Å². The van der Waals surface area contributed by atoms with E-state index in [2.05, 4.69) is 39.7 Å². The van der Waals surface area contributed by atoms with Gasteiger partial charge in [-0.25, -0.2) is 9.67 Å². The van der Waals surface area contributed by atoms with Crippen LogP contribution in [0.15, 0.2) is 12.3 Å². The molecule has 0 unspecified atom stereocenters.